The van der Waals surface area contributed by atoms with Gasteiger partial charge in [0.2, 0.25) is 5.91 Å². The van der Waals surface area contributed by atoms with Gasteiger partial charge < -0.3 is 16.0 Å². The molecular weight excluding hydrogens is 204 g/mol. The molecule has 3 N–H and O–H groups in total. The van der Waals surface area contributed by atoms with Crippen molar-refractivity contribution >= 4 is 17.4 Å². The number of rotatable bonds is 4. The number of hydrogen-bond acceptors (Lipinski definition) is 4. The molecule has 1 unspecified atom stereocenters. The maximum absolute atomic E-state index is 11.4. The van der Waals surface area contributed by atoms with Gasteiger partial charge in [-0.3, -0.25) is 4.79 Å². The van der Waals surface area contributed by atoms with Crippen LogP contribution in [0.5, 0.6) is 0 Å². The average Bonchev–Trinajstić information content (AvgIpc) is 2.27. The average molecular weight is 222 g/mol. The number of carbonyl (C=O) groups is 1. The molecule has 0 fully saturated rings. The second-order valence-corrected chi connectivity index (χ2v) is 3.83. The van der Waals surface area contributed by atoms with Crippen molar-refractivity contribution in [3.05, 3.63) is 18.3 Å². The highest BCUT2D eigenvalue weighted by molar-refractivity contribution is 5.78. The number of nitrogens with one attached hydrogen (secondary N) is 1. The minimum atomic E-state index is -0.0654. The number of amides is 1. The van der Waals surface area contributed by atoms with Gasteiger partial charge in [0.25, 0.3) is 0 Å². The number of nitrogen functional groups attached to an aromatic ring is 1. The molecule has 0 spiro atoms. The Labute approximate surface area is 95.7 Å². The maximum atomic E-state index is 11.4. The van der Waals surface area contributed by atoms with Crippen LogP contribution in [0.2, 0.25) is 0 Å². The zero-order chi connectivity index (χ0) is 12.1. The third-order valence-corrected chi connectivity index (χ3v) is 2.45. The van der Waals surface area contributed by atoms with Crippen molar-refractivity contribution in [1.82, 2.24) is 10.3 Å². The number of nitrogens with zero attached hydrogens (tertiary/aromatic N) is 2. The lowest BCUT2D eigenvalue weighted by atomic mass is 10.1. The molecule has 5 nitrogen and oxygen atoms in total. The predicted octanol–water partition coefficient (Wildman–Crippen LogP) is 0.482. The summed E-state index contributed by atoms with van der Waals surface area (Å²) in [6.45, 7) is 2.53. The third-order valence-electron chi connectivity index (χ3n) is 2.45. The number of carbonyl (C=O) groups excluding carboxylic acids is 1. The van der Waals surface area contributed by atoms with Gasteiger partial charge in [-0.05, 0) is 6.07 Å². The molecule has 1 amide bonds. The Bertz CT molecular complexity index is 367. The second kappa shape index (κ2) is 5.34. The van der Waals surface area contributed by atoms with Crippen LogP contribution in [0.3, 0.4) is 0 Å². The lowest BCUT2D eigenvalue weighted by Crippen LogP contribution is -2.34. The topological polar surface area (TPSA) is 71.2 Å². The van der Waals surface area contributed by atoms with Crippen LogP contribution in [0.4, 0.5) is 11.5 Å². The molecule has 1 atom stereocenters. The highest BCUT2D eigenvalue weighted by Gasteiger charge is 2.13. The number of hydrogen-bond donors (Lipinski definition) is 2. The van der Waals surface area contributed by atoms with Crippen molar-refractivity contribution in [1.29, 1.82) is 0 Å². The summed E-state index contributed by atoms with van der Waals surface area (Å²) < 4.78 is 0. The largest absolute Gasteiger partial charge is 0.384 e. The summed E-state index contributed by atoms with van der Waals surface area (Å²) in [5.41, 5.74) is 6.56. The highest BCUT2D eigenvalue weighted by Crippen LogP contribution is 2.15. The highest BCUT2D eigenvalue weighted by atomic mass is 16.1. The van der Waals surface area contributed by atoms with Gasteiger partial charge in [-0.2, -0.15) is 0 Å². The Balaban J connectivity index is 2.65. The van der Waals surface area contributed by atoms with E-state index in [1.54, 1.807) is 19.3 Å². The first-order valence-electron chi connectivity index (χ1n) is 5.19. The Hall–Kier alpha value is -1.78. The van der Waals surface area contributed by atoms with E-state index in [4.69, 9.17) is 5.73 Å². The predicted molar refractivity (Wildman–Crippen MR) is 65.2 cm³/mol. The molecule has 16 heavy (non-hydrogen) atoms. The maximum Gasteiger partial charge on any atom is 0.224 e. The van der Waals surface area contributed by atoms with Crippen LogP contribution in [0.1, 0.15) is 6.92 Å². The third kappa shape index (κ3) is 3.12. The SMILES string of the molecule is CNC(=O)C(C)CN(C)c1ccnc(N)c1. The van der Waals surface area contributed by atoms with Gasteiger partial charge in [0.15, 0.2) is 0 Å². The summed E-state index contributed by atoms with van der Waals surface area (Å²) in [6, 6.07) is 3.66. The fourth-order valence-electron chi connectivity index (χ4n) is 1.52. The van der Waals surface area contributed by atoms with Gasteiger partial charge in [0.05, 0.1) is 5.92 Å². The summed E-state index contributed by atoms with van der Waals surface area (Å²) in [5.74, 6) is 0.454. The van der Waals surface area contributed by atoms with Gasteiger partial charge in [0.1, 0.15) is 5.82 Å². The Morgan fingerprint density at radius 3 is 2.94 bits per heavy atom. The van der Waals surface area contributed by atoms with Crippen LogP contribution in [0, 0.1) is 5.92 Å². The van der Waals surface area contributed by atoms with Crippen molar-refractivity contribution in [2.75, 3.05) is 31.3 Å². The van der Waals surface area contributed by atoms with Gasteiger partial charge in [0, 0.05) is 38.6 Å². The monoisotopic (exact) mass is 222 g/mol. The quantitative estimate of drug-likeness (QED) is 0.777. The van der Waals surface area contributed by atoms with E-state index in [0.717, 1.165) is 5.69 Å². The smallest absolute Gasteiger partial charge is 0.224 e. The van der Waals surface area contributed by atoms with Crippen LogP contribution >= 0.6 is 0 Å². The Morgan fingerprint density at radius 1 is 1.69 bits per heavy atom. The molecule has 88 valence electrons. The number of nitrogens with two attached hydrogens (primary N) is 1. The van der Waals surface area contributed by atoms with Crippen molar-refractivity contribution in [2.24, 2.45) is 5.92 Å². The van der Waals surface area contributed by atoms with E-state index < -0.39 is 0 Å². The summed E-state index contributed by atoms with van der Waals surface area (Å²) in [5, 5.41) is 2.63. The Kier molecular flexibility index (Phi) is 4.10. The van der Waals surface area contributed by atoms with Crippen molar-refractivity contribution < 1.29 is 4.79 Å². The lowest BCUT2D eigenvalue weighted by Gasteiger charge is -2.22. The van der Waals surface area contributed by atoms with E-state index in [0.29, 0.717) is 12.4 Å². The second-order valence-electron chi connectivity index (χ2n) is 3.83. The van der Waals surface area contributed by atoms with Crippen LogP contribution in [-0.4, -0.2) is 31.5 Å². The first kappa shape index (κ1) is 12.3. The summed E-state index contributed by atoms with van der Waals surface area (Å²) in [6.07, 6.45) is 1.66. The van der Waals surface area contributed by atoms with Crippen LogP contribution in [0.25, 0.3) is 0 Å². The fourth-order valence-corrected chi connectivity index (χ4v) is 1.52. The molecule has 0 bridgehead atoms. The lowest BCUT2D eigenvalue weighted by molar-refractivity contribution is -0.123. The molecule has 0 aliphatic heterocycles. The van der Waals surface area contributed by atoms with Crippen molar-refractivity contribution in [3.8, 4) is 0 Å². The summed E-state index contributed by atoms with van der Waals surface area (Å²) in [4.78, 5) is 17.3. The van der Waals surface area contributed by atoms with Crippen LogP contribution in [-0.2, 0) is 4.79 Å². The molecule has 0 aliphatic carbocycles. The molecule has 0 radical (unpaired) electrons. The first-order valence-corrected chi connectivity index (χ1v) is 5.19. The van der Waals surface area contributed by atoms with Crippen molar-refractivity contribution in [2.45, 2.75) is 6.92 Å². The van der Waals surface area contributed by atoms with E-state index in [9.17, 15) is 4.79 Å². The molecule has 1 rings (SSSR count). The molecule has 0 saturated carbocycles. The van der Waals surface area contributed by atoms with Crippen molar-refractivity contribution in [3.63, 3.8) is 0 Å². The number of pyridine rings is 1. The molecule has 1 aromatic heterocycles. The number of aromatic nitrogens is 1. The summed E-state index contributed by atoms with van der Waals surface area (Å²) >= 11 is 0. The van der Waals surface area contributed by atoms with Gasteiger partial charge in [-0.25, -0.2) is 4.98 Å². The normalized spacial score (nSPS) is 11.9. The standard InChI is InChI=1S/C11H18N4O/c1-8(11(16)13-2)7-15(3)9-4-5-14-10(12)6-9/h4-6,8H,7H2,1-3H3,(H2,12,14)(H,13,16). The zero-order valence-electron chi connectivity index (χ0n) is 9.90. The fraction of sp³-hybridized carbons (Fsp3) is 0.455. The van der Waals surface area contributed by atoms with E-state index >= 15 is 0 Å². The number of anilines is 2. The van der Waals surface area contributed by atoms with E-state index in [-0.39, 0.29) is 11.8 Å². The molecule has 0 aromatic carbocycles. The van der Waals surface area contributed by atoms with Crippen LogP contribution < -0.4 is 16.0 Å². The van der Waals surface area contributed by atoms with Gasteiger partial charge in [-0.15, -0.1) is 0 Å². The molecule has 1 aromatic rings. The molecule has 0 saturated heterocycles. The van der Waals surface area contributed by atoms with Gasteiger partial charge >= 0.3 is 0 Å². The molecule has 5 heteroatoms. The van der Waals surface area contributed by atoms with Crippen LogP contribution in [0.15, 0.2) is 18.3 Å². The minimum Gasteiger partial charge on any atom is -0.384 e. The zero-order valence-corrected chi connectivity index (χ0v) is 9.90. The van der Waals surface area contributed by atoms with E-state index in [2.05, 4.69) is 10.3 Å². The Morgan fingerprint density at radius 2 is 2.38 bits per heavy atom. The molecule has 0 aliphatic rings. The van der Waals surface area contributed by atoms with E-state index in [1.165, 1.54) is 0 Å². The molecular formula is C11H18N4O. The van der Waals surface area contributed by atoms with E-state index in [1.807, 2.05) is 24.9 Å². The molecule has 1 heterocycles. The summed E-state index contributed by atoms with van der Waals surface area (Å²) in [7, 11) is 3.57. The first-order chi connectivity index (χ1) is 7.54. The minimum absolute atomic E-state index is 0.0360. The van der Waals surface area contributed by atoms with Gasteiger partial charge in [-0.1, -0.05) is 6.92 Å².